The molecule has 0 amide bonds. The Bertz CT molecular complexity index is 606. The molecule has 2 aromatic rings. The number of oxazole rings is 1. The zero-order chi connectivity index (χ0) is 14.9. The summed E-state index contributed by atoms with van der Waals surface area (Å²) in [5.74, 6) is 3.59. The molecule has 0 spiro atoms. The summed E-state index contributed by atoms with van der Waals surface area (Å²) in [6, 6.07) is -0.0864. The number of nitrogen functional groups attached to an aromatic ring is 1. The molecule has 0 aromatic carbocycles. The van der Waals surface area contributed by atoms with Gasteiger partial charge in [-0.25, -0.2) is 15.0 Å². The van der Waals surface area contributed by atoms with Crippen molar-refractivity contribution in [2.24, 2.45) is 0 Å². The molecule has 108 valence electrons. The highest BCUT2D eigenvalue weighted by Gasteiger charge is 2.16. The molecule has 1 atom stereocenters. The standard InChI is InChI=1S/C14H21N5O/c1-7(2)12-18-11(15)9(4)13(19-12)17-10(5)14-16-6-8(3)20-14/h6-7,10H,1-5H3,(H3,15,17,18,19). The van der Waals surface area contributed by atoms with Crippen LogP contribution in [0.1, 0.15) is 55.8 Å². The smallest absolute Gasteiger partial charge is 0.216 e. The number of hydrogen-bond donors (Lipinski definition) is 2. The number of nitrogens with two attached hydrogens (primary N) is 1. The summed E-state index contributed by atoms with van der Waals surface area (Å²) in [4.78, 5) is 13.1. The van der Waals surface area contributed by atoms with Crippen LogP contribution in [0.15, 0.2) is 10.6 Å². The maximum absolute atomic E-state index is 5.95. The Hall–Kier alpha value is -2.11. The molecule has 2 aromatic heterocycles. The average Bonchev–Trinajstić information content (AvgIpc) is 2.81. The van der Waals surface area contributed by atoms with Crippen LogP contribution in [0.25, 0.3) is 0 Å². The van der Waals surface area contributed by atoms with E-state index in [2.05, 4.69) is 20.3 Å². The first kappa shape index (κ1) is 14.3. The van der Waals surface area contributed by atoms with Crippen LogP contribution in [0.4, 0.5) is 11.6 Å². The third-order valence-electron chi connectivity index (χ3n) is 3.08. The van der Waals surface area contributed by atoms with E-state index in [0.29, 0.717) is 11.7 Å². The highest BCUT2D eigenvalue weighted by Crippen LogP contribution is 2.24. The predicted molar refractivity (Wildman–Crippen MR) is 78.5 cm³/mol. The van der Waals surface area contributed by atoms with Crippen LogP contribution < -0.4 is 11.1 Å². The first-order valence-electron chi connectivity index (χ1n) is 6.71. The van der Waals surface area contributed by atoms with Gasteiger partial charge in [-0.15, -0.1) is 0 Å². The van der Waals surface area contributed by atoms with E-state index >= 15 is 0 Å². The van der Waals surface area contributed by atoms with Crippen molar-refractivity contribution in [2.75, 3.05) is 11.1 Å². The van der Waals surface area contributed by atoms with Gasteiger partial charge in [0.1, 0.15) is 29.3 Å². The molecular formula is C14H21N5O. The number of anilines is 2. The van der Waals surface area contributed by atoms with E-state index in [4.69, 9.17) is 10.2 Å². The molecule has 0 bridgehead atoms. The maximum atomic E-state index is 5.95. The van der Waals surface area contributed by atoms with Crippen molar-refractivity contribution in [1.29, 1.82) is 0 Å². The lowest BCUT2D eigenvalue weighted by Gasteiger charge is -2.16. The lowest BCUT2D eigenvalue weighted by Crippen LogP contribution is -2.13. The molecule has 0 fully saturated rings. The zero-order valence-electron chi connectivity index (χ0n) is 12.6. The summed E-state index contributed by atoms with van der Waals surface area (Å²) in [6.45, 7) is 9.81. The van der Waals surface area contributed by atoms with Crippen molar-refractivity contribution in [3.05, 3.63) is 29.2 Å². The van der Waals surface area contributed by atoms with Crippen LogP contribution in [-0.2, 0) is 0 Å². The minimum absolute atomic E-state index is 0.0864. The third-order valence-corrected chi connectivity index (χ3v) is 3.08. The topological polar surface area (TPSA) is 89.9 Å². The fourth-order valence-electron chi connectivity index (χ4n) is 1.79. The predicted octanol–water partition coefficient (Wildman–Crippen LogP) is 2.96. The van der Waals surface area contributed by atoms with E-state index in [9.17, 15) is 0 Å². The molecule has 0 saturated heterocycles. The average molecular weight is 275 g/mol. The Morgan fingerprint density at radius 1 is 1.20 bits per heavy atom. The largest absolute Gasteiger partial charge is 0.444 e. The molecule has 2 rings (SSSR count). The zero-order valence-corrected chi connectivity index (χ0v) is 12.6. The summed E-state index contributed by atoms with van der Waals surface area (Å²) in [6.07, 6.45) is 1.70. The lowest BCUT2D eigenvalue weighted by molar-refractivity contribution is 0.453. The minimum Gasteiger partial charge on any atom is -0.444 e. The van der Waals surface area contributed by atoms with Gasteiger partial charge >= 0.3 is 0 Å². The summed E-state index contributed by atoms with van der Waals surface area (Å²) in [7, 11) is 0. The van der Waals surface area contributed by atoms with Gasteiger partial charge in [0, 0.05) is 11.5 Å². The molecular weight excluding hydrogens is 254 g/mol. The number of aromatic nitrogens is 3. The number of aryl methyl sites for hydroxylation is 1. The number of hydrogen-bond acceptors (Lipinski definition) is 6. The van der Waals surface area contributed by atoms with Crippen LogP contribution in [0.2, 0.25) is 0 Å². The minimum atomic E-state index is -0.0864. The van der Waals surface area contributed by atoms with Gasteiger partial charge in [0.25, 0.3) is 0 Å². The highest BCUT2D eigenvalue weighted by atomic mass is 16.4. The van der Waals surface area contributed by atoms with Gasteiger partial charge in [-0.05, 0) is 20.8 Å². The van der Waals surface area contributed by atoms with E-state index in [1.165, 1.54) is 0 Å². The van der Waals surface area contributed by atoms with Crippen molar-refractivity contribution in [1.82, 2.24) is 15.0 Å². The first-order chi connectivity index (χ1) is 9.38. The van der Waals surface area contributed by atoms with Crippen LogP contribution in [0, 0.1) is 13.8 Å². The van der Waals surface area contributed by atoms with E-state index in [1.807, 2.05) is 34.6 Å². The van der Waals surface area contributed by atoms with Crippen molar-refractivity contribution < 1.29 is 4.42 Å². The lowest BCUT2D eigenvalue weighted by atomic mass is 10.2. The fraction of sp³-hybridized carbons (Fsp3) is 0.500. The molecule has 0 saturated carbocycles. The fourth-order valence-corrected chi connectivity index (χ4v) is 1.79. The number of nitrogens with one attached hydrogen (secondary N) is 1. The Labute approximate surface area is 118 Å². The summed E-state index contributed by atoms with van der Waals surface area (Å²) in [5.41, 5.74) is 6.79. The third kappa shape index (κ3) is 2.89. The molecule has 0 aliphatic carbocycles. The molecule has 6 heteroatoms. The van der Waals surface area contributed by atoms with Crippen molar-refractivity contribution in [3.63, 3.8) is 0 Å². The molecule has 2 heterocycles. The Morgan fingerprint density at radius 3 is 2.45 bits per heavy atom. The van der Waals surface area contributed by atoms with Gasteiger partial charge in [-0.3, -0.25) is 0 Å². The number of nitrogens with zero attached hydrogens (tertiary/aromatic N) is 3. The molecule has 20 heavy (non-hydrogen) atoms. The Morgan fingerprint density at radius 2 is 1.90 bits per heavy atom. The second-order valence-electron chi connectivity index (χ2n) is 5.27. The summed E-state index contributed by atoms with van der Waals surface area (Å²) in [5, 5.41) is 3.29. The second kappa shape index (κ2) is 5.48. The molecule has 6 nitrogen and oxygen atoms in total. The molecule has 0 aliphatic heterocycles. The molecule has 0 radical (unpaired) electrons. The Kier molecular flexibility index (Phi) is 3.92. The van der Waals surface area contributed by atoms with Crippen LogP contribution in [0.3, 0.4) is 0 Å². The van der Waals surface area contributed by atoms with Gasteiger partial charge in [-0.2, -0.15) is 0 Å². The van der Waals surface area contributed by atoms with Crippen molar-refractivity contribution in [3.8, 4) is 0 Å². The van der Waals surface area contributed by atoms with Crippen LogP contribution in [-0.4, -0.2) is 15.0 Å². The van der Waals surface area contributed by atoms with Gasteiger partial charge in [-0.1, -0.05) is 13.8 Å². The van der Waals surface area contributed by atoms with E-state index in [-0.39, 0.29) is 12.0 Å². The van der Waals surface area contributed by atoms with Gasteiger partial charge in [0.2, 0.25) is 5.89 Å². The number of rotatable bonds is 4. The quantitative estimate of drug-likeness (QED) is 0.891. The van der Waals surface area contributed by atoms with Crippen LogP contribution in [0.5, 0.6) is 0 Å². The van der Waals surface area contributed by atoms with Crippen molar-refractivity contribution >= 4 is 11.6 Å². The van der Waals surface area contributed by atoms with Gasteiger partial charge in [0.05, 0.1) is 6.20 Å². The van der Waals surface area contributed by atoms with Crippen molar-refractivity contribution in [2.45, 2.75) is 46.6 Å². The van der Waals surface area contributed by atoms with Gasteiger partial charge in [0.15, 0.2) is 0 Å². The summed E-state index contributed by atoms with van der Waals surface area (Å²) >= 11 is 0. The molecule has 1 unspecified atom stereocenters. The van der Waals surface area contributed by atoms with E-state index in [0.717, 1.165) is 23.0 Å². The molecule has 3 N–H and O–H groups in total. The Balaban J connectivity index is 2.28. The van der Waals surface area contributed by atoms with E-state index < -0.39 is 0 Å². The van der Waals surface area contributed by atoms with Gasteiger partial charge < -0.3 is 15.5 Å². The first-order valence-corrected chi connectivity index (χ1v) is 6.71. The molecule has 0 aliphatic rings. The monoisotopic (exact) mass is 275 g/mol. The second-order valence-corrected chi connectivity index (χ2v) is 5.27. The normalized spacial score (nSPS) is 12.7. The summed E-state index contributed by atoms with van der Waals surface area (Å²) < 4.78 is 5.52. The maximum Gasteiger partial charge on any atom is 0.216 e. The highest BCUT2D eigenvalue weighted by molar-refractivity contribution is 5.55. The van der Waals surface area contributed by atoms with E-state index in [1.54, 1.807) is 6.20 Å². The van der Waals surface area contributed by atoms with Crippen LogP contribution >= 0.6 is 0 Å². The SMILES string of the molecule is Cc1cnc(C(C)Nc2nc(C(C)C)nc(N)c2C)o1.